The topological polar surface area (TPSA) is 176 Å². The number of carbonyl (C=O) groups is 4. The first-order chi connectivity index (χ1) is 21.0. The lowest BCUT2D eigenvalue weighted by molar-refractivity contribution is -0.165. The maximum absolute atomic E-state index is 12.3. The van der Waals surface area contributed by atoms with Gasteiger partial charge in [-0.1, -0.05) is 29.8 Å². The Labute approximate surface area is 264 Å². The van der Waals surface area contributed by atoms with Crippen molar-refractivity contribution in [1.29, 1.82) is 0 Å². The Morgan fingerprint density at radius 1 is 1.16 bits per heavy atom. The fourth-order valence-corrected chi connectivity index (χ4v) is 4.75. The zero-order chi connectivity index (χ0) is 32.4. The summed E-state index contributed by atoms with van der Waals surface area (Å²) in [6.45, 7) is 1.05. The molecule has 3 aliphatic rings. The SMILES string of the molecule is CO[C@](N)(COP1OCCCO1)C[C@@H](OC(=O)CC1CC1)N(C)/C=C\C(=O)NC=O.Clc1ccccc1.O=C(O)CC1CC1. The van der Waals surface area contributed by atoms with Gasteiger partial charge in [0.15, 0.2) is 6.23 Å². The quantitative estimate of drug-likeness (QED) is 0.0814. The fraction of sp³-hybridized carbons (Fsp3) is 0.586. The van der Waals surface area contributed by atoms with Gasteiger partial charge in [-0.2, -0.15) is 0 Å². The van der Waals surface area contributed by atoms with Crippen molar-refractivity contribution >= 4 is 44.5 Å². The molecular weight excluding hydrogens is 617 g/mol. The van der Waals surface area contributed by atoms with Gasteiger partial charge in [0.05, 0.1) is 19.8 Å². The van der Waals surface area contributed by atoms with Crippen molar-refractivity contribution in [3.05, 3.63) is 47.6 Å². The van der Waals surface area contributed by atoms with Crippen LogP contribution in [-0.2, 0) is 42.2 Å². The molecule has 13 nitrogen and oxygen atoms in total. The first-order valence-electron chi connectivity index (χ1n) is 14.3. The molecule has 4 N–H and O–H groups in total. The van der Waals surface area contributed by atoms with E-state index >= 15 is 0 Å². The summed E-state index contributed by atoms with van der Waals surface area (Å²) in [5.41, 5.74) is 5.03. The number of hydrogen-bond acceptors (Lipinski definition) is 11. The molecule has 0 radical (unpaired) electrons. The Kier molecular flexibility index (Phi) is 17.4. The molecule has 44 heavy (non-hydrogen) atoms. The number of ether oxygens (including phenoxy) is 2. The van der Waals surface area contributed by atoms with E-state index in [0.29, 0.717) is 37.9 Å². The fourth-order valence-electron chi connectivity index (χ4n) is 3.50. The molecule has 2 saturated carbocycles. The Morgan fingerprint density at radius 2 is 1.77 bits per heavy atom. The van der Waals surface area contributed by atoms with Gasteiger partial charge in [0, 0.05) is 50.7 Å². The largest absolute Gasteiger partial charge is 0.481 e. The zero-order valence-corrected chi connectivity index (χ0v) is 26.8. The second kappa shape index (κ2) is 20.4. The molecule has 3 fully saturated rings. The predicted molar refractivity (Wildman–Crippen MR) is 163 cm³/mol. The molecule has 0 unspecified atom stereocenters. The minimum atomic E-state index is -1.50. The summed E-state index contributed by atoms with van der Waals surface area (Å²) in [7, 11) is 1.54. The molecule has 2 atom stereocenters. The number of carbonyl (C=O) groups excluding carboxylic acids is 3. The highest BCUT2D eigenvalue weighted by Crippen LogP contribution is 2.43. The Bertz CT molecular complexity index is 1060. The van der Waals surface area contributed by atoms with Crippen LogP contribution in [0.2, 0.25) is 5.02 Å². The number of esters is 1. The van der Waals surface area contributed by atoms with Crippen molar-refractivity contribution in [1.82, 2.24) is 10.2 Å². The van der Waals surface area contributed by atoms with E-state index in [1.54, 1.807) is 7.05 Å². The summed E-state index contributed by atoms with van der Waals surface area (Å²) in [5, 5.41) is 10.9. The maximum atomic E-state index is 12.3. The van der Waals surface area contributed by atoms with Crippen molar-refractivity contribution in [2.45, 2.75) is 63.3 Å². The number of hydrogen-bond donors (Lipinski definition) is 3. The van der Waals surface area contributed by atoms with Crippen LogP contribution >= 0.6 is 20.2 Å². The molecule has 4 rings (SSSR count). The number of aliphatic carboxylic acids is 1. The van der Waals surface area contributed by atoms with E-state index in [1.807, 2.05) is 35.6 Å². The highest BCUT2D eigenvalue weighted by atomic mass is 35.5. The van der Waals surface area contributed by atoms with Crippen LogP contribution in [0.15, 0.2) is 42.6 Å². The van der Waals surface area contributed by atoms with Gasteiger partial charge in [-0.3, -0.25) is 24.5 Å². The molecule has 1 aliphatic heterocycles. The van der Waals surface area contributed by atoms with Crippen LogP contribution in [0.1, 0.15) is 51.4 Å². The minimum Gasteiger partial charge on any atom is -0.481 e. The van der Waals surface area contributed by atoms with E-state index in [0.717, 1.165) is 43.2 Å². The number of nitrogens with zero attached hydrogens (tertiary/aromatic N) is 1. The number of nitrogens with two attached hydrogens (primary N) is 1. The molecule has 2 amide bonds. The normalized spacial score (nSPS) is 18.4. The highest BCUT2D eigenvalue weighted by Gasteiger charge is 2.35. The lowest BCUT2D eigenvalue weighted by Crippen LogP contribution is -2.51. The van der Waals surface area contributed by atoms with Crippen LogP contribution in [0.5, 0.6) is 0 Å². The Balaban J connectivity index is 0.000000389. The van der Waals surface area contributed by atoms with E-state index < -0.39 is 32.4 Å². The number of methoxy groups -OCH3 is 1. The lowest BCUT2D eigenvalue weighted by Gasteiger charge is -2.35. The van der Waals surface area contributed by atoms with Crippen molar-refractivity contribution < 1.29 is 47.3 Å². The Hall–Kier alpha value is -2.64. The number of nitrogens with one attached hydrogen (secondary N) is 1. The number of carboxylic acid groups (broad SMARTS) is 1. The molecule has 1 aromatic rings. The van der Waals surface area contributed by atoms with Crippen molar-refractivity contribution in [2.75, 3.05) is 34.0 Å². The van der Waals surface area contributed by atoms with Gasteiger partial charge in [-0.05, 0) is 56.1 Å². The molecule has 0 bridgehead atoms. The third-order valence-electron chi connectivity index (χ3n) is 6.45. The maximum Gasteiger partial charge on any atom is 0.332 e. The first kappa shape index (κ1) is 37.5. The van der Waals surface area contributed by atoms with E-state index in [9.17, 15) is 19.2 Å². The molecule has 0 spiro atoms. The molecular formula is C29H43ClN3O10P. The number of carboxylic acids is 1. The first-order valence-corrected chi connectivity index (χ1v) is 15.8. The van der Waals surface area contributed by atoms with Gasteiger partial charge in [0.1, 0.15) is 5.72 Å². The predicted octanol–water partition coefficient (Wildman–Crippen LogP) is 3.96. The monoisotopic (exact) mass is 659 g/mol. The third-order valence-corrected chi connectivity index (χ3v) is 7.83. The van der Waals surface area contributed by atoms with Crippen LogP contribution < -0.4 is 11.1 Å². The molecule has 15 heteroatoms. The van der Waals surface area contributed by atoms with Crippen LogP contribution in [0.4, 0.5) is 0 Å². The molecule has 246 valence electrons. The van der Waals surface area contributed by atoms with Gasteiger partial charge in [0.2, 0.25) is 6.41 Å². The summed E-state index contributed by atoms with van der Waals surface area (Å²) >= 11 is 5.54. The van der Waals surface area contributed by atoms with Crippen molar-refractivity contribution in [2.24, 2.45) is 17.6 Å². The molecule has 1 heterocycles. The average molecular weight is 660 g/mol. The summed E-state index contributed by atoms with van der Waals surface area (Å²) in [6, 6.07) is 9.44. The van der Waals surface area contributed by atoms with Crippen molar-refractivity contribution in [3.63, 3.8) is 0 Å². The van der Waals surface area contributed by atoms with Crippen LogP contribution in [0, 0.1) is 11.8 Å². The minimum absolute atomic E-state index is 0.0466. The molecule has 0 aromatic heterocycles. The van der Waals surface area contributed by atoms with Crippen molar-refractivity contribution in [3.8, 4) is 0 Å². The second-order valence-corrected chi connectivity index (χ2v) is 12.2. The smallest absolute Gasteiger partial charge is 0.332 e. The van der Waals surface area contributed by atoms with E-state index in [4.69, 9.17) is 45.5 Å². The van der Waals surface area contributed by atoms with Crippen LogP contribution in [0.25, 0.3) is 0 Å². The molecule has 1 saturated heterocycles. The Morgan fingerprint density at radius 3 is 2.25 bits per heavy atom. The molecule has 2 aliphatic carbocycles. The summed E-state index contributed by atoms with van der Waals surface area (Å²) in [6.07, 6.45) is 7.84. The average Bonchev–Trinajstić information content (AvgIpc) is 3.94. The van der Waals surface area contributed by atoms with Gasteiger partial charge in [-0.15, -0.1) is 0 Å². The standard InChI is InChI=1S/C18H30N3O8P.C6H5Cl.C5H8O2/c1-21(7-6-15(23)20-13-22)16(29-17(24)10-14-4-5-14)11-18(19,25-2)12-28-30-26-8-3-9-27-30;7-6-4-2-1-3-5-6;6-5(7)3-4-1-2-4/h6-7,13-14,16H,3-5,8-12,19H2,1-2H3,(H,20,22,23);1-5H;4H,1-3H2,(H,6,7)/b7-6-;;/t16-,18+;;/m1../s1. The van der Waals surface area contributed by atoms with Crippen LogP contribution in [-0.4, -0.2) is 80.2 Å². The number of benzene rings is 1. The summed E-state index contributed by atoms with van der Waals surface area (Å²) < 4.78 is 27.5. The highest BCUT2D eigenvalue weighted by molar-refractivity contribution is 7.41. The lowest BCUT2D eigenvalue weighted by atomic mass is 10.1. The molecule has 1 aromatic carbocycles. The van der Waals surface area contributed by atoms with Crippen LogP contribution in [0.3, 0.4) is 0 Å². The van der Waals surface area contributed by atoms with E-state index in [1.165, 1.54) is 18.2 Å². The number of halogens is 1. The number of imide groups is 1. The summed E-state index contributed by atoms with van der Waals surface area (Å²) in [4.78, 5) is 45.5. The van der Waals surface area contributed by atoms with Gasteiger partial charge in [0.25, 0.3) is 5.91 Å². The summed E-state index contributed by atoms with van der Waals surface area (Å²) in [5.74, 6) is -0.736. The second-order valence-electron chi connectivity index (χ2n) is 10.5. The van der Waals surface area contributed by atoms with Gasteiger partial charge < -0.3 is 38.8 Å². The number of rotatable bonds is 15. The van der Waals surface area contributed by atoms with Gasteiger partial charge >= 0.3 is 20.5 Å². The number of amides is 2. The van der Waals surface area contributed by atoms with E-state index in [2.05, 4.69) is 0 Å². The third kappa shape index (κ3) is 17.6. The van der Waals surface area contributed by atoms with E-state index in [-0.39, 0.29) is 25.4 Å². The zero-order valence-electron chi connectivity index (χ0n) is 25.1. The van der Waals surface area contributed by atoms with Gasteiger partial charge in [-0.25, -0.2) is 0 Å².